The Bertz CT molecular complexity index is 656. The molecule has 112 valence electrons. The molecule has 1 aromatic heterocycles. The Labute approximate surface area is 131 Å². The van der Waals surface area contributed by atoms with Crippen molar-refractivity contribution in [3.8, 4) is 0 Å². The van der Waals surface area contributed by atoms with Crippen LogP contribution >= 0.6 is 11.8 Å². The molecule has 0 spiro atoms. The summed E-state index contributed by atoms with van der Waals surface area (Å²) in [6.07, 6.45) is 2.64. The fourth-order valence-corrected chi connectivity index (χ4v) is 3.64. The van der Waals surface area contributed by atoms with Gasteiger partial charge in [0.05, 0.1) is 5.69 Å². The molecule has 1 saturated carbocycles. The zero-order valence-electron chi connectivity index (χ0n) is 13.2. The predicted octanol–water partition coefficient (Wildman–Crippen LogP) is 3.75. The van der Waals surface area contributed by atoms with E-state index in [9.17, 15) is 0 Å². The molecule has 3 rings (SSSR count). The lowest BCUT2D eigenvalue weighted by Gasteiger charge is -2.10. The Balaban J connectivity index is 1.86. The van der Waals surface area contributed by atoms with Crippen LogP contribution in [0.1, 0.15) is 35.2 Å². The van der Waals surface area contributed by atoms with Crippen LogP contribution in [0.5, 0.6) is 0 Å². The van der Waals surface area contributed by atoms with Gasteiger partial charge in [-0.15, -0.1) is 0 Å². The Kier molecular flexibility index (Phi) is 4.09. The van der Waals surface area contributed by atoms with Gasteiger partial charge in [0.1, 0.15) is 5.03 Å². The van der Waals surface area contributed by atoms with E-state index in [4.69, 9.17) is 0 Å². The first-order valence-corrected chi connectivity index (χ1v) is 8.37. The van der Waals surface area contributed by atoms with Crippen molar-refractivity contribution in [2.24, 2.45) is 7.05 Å². The van der Waals surface area contributed by atoms with Crippen molar-refractivity contribution >= 4 is 11.8 Å². The second kappa shape index (κ2) is 5.85. The summed E-state index contributed by atoms with van der Waals surface area (Å²) in [7, 11) is 2.04. The van der Waals surface area contributed by atoms with E-state index >= 15 is 0 Å². The fourth-order valence-electron chi connectivity index (χ4n) is 2.56. The summed E-state index contributed by atoms with van der Waals surface area (Å²) < 4.78 is 2.02. The first kappa shape index (κ1) is 14.7. The second-order valence-electron chi connectivity index (χ2n) is 6.02. The van der Waals surface area contributed by atoms with Gasteiger partial charge in [0.25, 0.3) is 0 Å². The van der Waals surface area contributed by atoms with Gasteiger partial charge in [0.2, 0.25) is 0 Å². The molecule has 0 amide bonds. The van der Waals surface area contributed by atoms with Crippen molar-refractivity contribution in [1.82, 2.24) is 15.1 Å². The van der Waals surface area contributed by atoms with Crippen LogP contribution in [0.15, 0.2) is 28.1 Å². The summed E-state index contributed by atoms with van der Waals surface area (Å²) in [6, 6.07) is 7.37. The number of nitrogens with one attached hydrogen (secondary N) is 1. The molecule has 21 heavy (non-hydrogen) atoms. The predicted molar refractivity (Wildman–Crippen MR) is 87.8 cm³/mol. The quantitative estimate of drug-likeness (QED) is 0.912. The van der Waals surface area contributed by atoms with Crippen molar-refractivity contribution in [2.75, 3.05) is 0 Å². The Morgan fingerprint density at radius 1 is 1.29 bits per heavy atom. The molecule has 1 heterocycles. The molecule has 1 N–H and O–H groups in total. The standard InChI is InChI=1S/C17H23N3S/c1-11-5-8-16(12(2)9-11)21-17-15(10-18-14-6-7-14)13(3)19-20(17)4/h5,8-9,14,18H,6-7,10H2,1-4H3. The van der Waals surface area contributed by atoms with Crippen LogP contribution in [0.2, 0.25) is 0 Å². The number of nitrogens with zero attached hydrogens (tertiary/aromatic N) is 2. The topological polar surface area (TPSA) is 29.9 Å². The Hall–Kier alpha value is -1.26. The van der Waals surface area contributed by atoms with Crippen LogP contribution in [0.25, 0.3) is 0 Å². The molecule has 3 nitrogen and oxygen atoms in total. The van der Waals surface area contributed by atoms with Gasteiger partial charge in [-0.1, -0.05) is 29.5 Å². The average Bonchev–Trinajstić information content (AvgIpc) is 3.19. The maximum Gasteiger partial charge on any atom is 0.103 e. The van der Waals surface area contributed by atoms with Crippen molar-refractivity contribution in [3.63, 3.8) is 0 Å². The molecule has 0 saturated heterocycles. The molecule has 0 atom stereocenters. The zero-order valence-corrected chi connectivity index (χ0v) is 14.0. The smallest absolute Gasteiger partial charge is 0.103 e. The van der Waals surface area contributed by atoms with Crippen molar-refractivity contribution in [1.29, 1.82) is 0 Å². The largest absolute Gasteiger partial charge is 0.310 e. The maximum absolute atomic E-state index is 4.61. The van der Waals surface area contributed by atoms with E-state index < -0.39 is 0 Å². The molecule has 1 aliphatic rings. The number of hydrogen-bond donors (Lipinski definition) is 1. The molecular formula is C17H23N3S. The van der Waals surface area contributed by atoms with E-state index in [1.165, 1.54) is 39.5 Å². The van der Waals surface area contributed by atoms with Crippen LogP contribution in [0.3, 0.4) is 0 Å². The molecule has 1 aromatic carbocycles. The van der Waals surface area contributed by atoms with Crippen LogP contribution in [-0.2, 0) is 13.6 Å². The lowest BCUT2D eigenvalue weighted by molar-refractivity contribution is 0.658. The lowest BCUT2D eigenvalue weighted by Crippen LogP contribution is -2.16. The fraction of sp³-hybridized carbons (Fsp3) is 0.471. The van der Waals surface area contributed by atoms with E-state index in [0.29, 0.717) is 0 Å². The minimum absolute atomic E-state index is 0.726. The van der Waals surface area contributed by atoms with Crippen molar-refractivity contribution in [2.45, 2.75) is 56.1 Å². The highest BCUT2D eigenvalue weighted by atomic mass is 32.2. The van der Waals surface area contributed by atoms with Crippen LogP contribution in [0.4, 0.5) is 0 Å². The average molecular weight is 301 g/mol. The first-order valence-electron chi connectivity index (χ1n) is 7.55. The summed E-state index contributed by atoms with van der Waals surface area (Å²) in [6.45, 7) is 7.36. The van der Waals surface area contributed by atoms with Crippen LogP contribution in [-0.4, -0.2) is 15.8 Å². The van der Waals surface area contributed by atoms with Gasteiger partial charge in [0, 0.05) is 30.1 Å². The normalized spacial score (nSPS) is 14.7. The summed E-state index contributed by atoms with van der Waals surface area (Å²) in [5.41, 5.74) is 5.13. The molecule has 0 unspecified atom stereocenters. The molecular weight excluding hydrogens is 278 g/mol. The van der Waals surface area contributed by atoms with Crippen molar-refractivity contribution in [3.05, 3.63) is 40.6 Å². The van der Waals surface area contributed by atoms with Crippen LogP contribution < -0.4 is 5.32 Å². The summed E-state index contributed by atoms with van der Waals surface area (Å²) in [5, 5.41) is 9.48. The summed E-state index contributed by atoms with van der Waals surface area (Å²) in [5.74, 6) is 0. The molecule has 0 radical (unpaired) electrons. The van der Waals surface area contributed by atoms with Gasteiger partial charge in [-0.3, -0.25) is 4.68 Å². The number of hydrogen-bond acceptors (Lipinski definition) is 3. The van der Waals surface area contributed by atoms with Gasteiger partial charge in [-0.2, -0.15) is 5.10 Å². The highest BCUT2D eigenvalue weighted by Crippen LogP contribution is 2.34. The molecule has 0 aliphatic heterocycles. The zero-order chi connectivity index (χ0) is 15.0. The van der Waals surface area contributed by atoms with E-state index in [1.807, 2.05) is 23.5 Å². The van der Waals surface area contributed by atoms with Gasteiger partial charge < -0.3 is 5.32 Å². The highest BCUT2D eigenvalue weighted by Gasteiger charge is 2.22. The molecule has 1 fully saturated rings. The van der Waals surface area contributed by atoms with Gasteiger partial charge in [0.15, 0.2) is 0 Å². The maximum atomic E-state index is 4.61. The molecule has 2 aromatic rings. The monoisotopic (exact) mass is 301 g/mol. The number of aryl methyl sites for hydroxylation is 4. The third-order valence-corrected chi connectivity index (χ3v) is 5.35. The summed E-state index contributed by atoms with van der Waals surface area (Å²) in [4.78, 5) is 1.32. The Morgan fingerprint density at radius 3 is 2.71 bits per heavy atom. The van der Waals surface area contributed by atoms with E-state index in [1.54, 1.807) is 0 Å². The first-order chi connectivity index (χ1) is 10.0. The number of rotatable bonds is 5. The lowest BCUT2D eigenvalue weighted by atomic mass is 10.2. The van der Waals surface area contributed by atoms with E-state index in [-0.39, 0.29) is 0 Å². The van der Waals surface area contributed by atoms with Gasteiger partial charge >= 0.3 is 0 Å². The molecule has 4 heteroatoms. The number of aromatic nitrogens is 2. The van der Waals surface area contributed by atoms with E-state index in [0.717, 1.165) is 18.3 Å². The minimum Gasteiger partial charge on any atom is -0.310 e. The third-order valence-electron chi connectivity index (χ3n) is 3.97. The van der Waals surface area contributed by atoms with Crippen LogP contribution in [0, 0.1) is 20.8 Å². The summed E-state index contributed by atoms with van der Waals surface area (Å²) >= 11 is 1.83. The Morgan fingerprint density at radius 2 is 2.05 bits per heavy atom. The number of benzene rings is 1. The molecule has 1 aliphatic carbocycles. The third kappa shape index (κ3) is 3.33. The minimum atomic E-state index is 0.726. The molecule has 0 bridgehead atoms. The highest BCUT2D eigenvalue weighted by molar-refractivity contribution is 7.99. The van der Waals surface area contributed by atoms with Gasteiger partial charge in [-0.05, 0) is 45.2 Å². The van der Waals surface area contributed by atoms with E-state index in [2.05, 4.69) is 49.4 Å². The van der Waals surface area contributed by atoms with Crippen molar-refractivity contribution < 1.29 is 0 Å². The SMILES string of the molecule is Cc1ccc(Sc2c(CNC3CC3)c(C)nn2C)c(C)c1. The second-order valence-corrected chi connectivity index (χ2v) is 7.05. The van der Waals surface area contributed by atoms with Gasteiger partial charge in [-0.25, -0.2) is 0 Å².